The van der Waals surface area contributed by atoms with Gasteiger partial charge in [0.2, 0.25) is 5.88 Å². The fraction of sp³-hybridized carbons (Fsp3) is 0.263. The van der Waals surface area contributed by atoms with Crippen LogP contribution in [0.4, 0.5) is 0 Å². The zero-order valence-corrected chi connectivity index (χ0v) is 15.7. The lowest BCUT2D eigenvalue weighted by Gasteiger charge is -2.11. The molecule has 144 valence electrons. The molecule has 4 rings (SSSR count). The molecule has 1 aromatic carbocycles. The number of nitrogens with one attached hydrogen (secondary N) is 1. The first-order valence-corrected chi connectivity index (χ1v) is 9.20. The summed E-state index contributed by atoms with van der Waals surface area (Å²) in [5.74, 6) is 0.827. The minimum atomic E-state index is -0.256. The van der Waals surface area contributed by atoms with Crippen LogP contribution in [-0.4, -0.2) is 45.0 Å². The largest absolute Gasteiger partial charge is 0.472 e. The van der Waals surface area contributed by atoms with Crippen molar-refractivity contribution in [1.82, 2.24) is 25.1 Å². The van der Waals surface area contributed by atoms with E-state index in [-0.39, 0.29) is 18.6 Å². The maximum Gasteiger partial charge on any atom is 0.253 e. The maximum atomic E-state index is 12.4. The molecule has 9 heteroatoms. The van der Waals surface area contributed by atoms with Crippen LogP contribution in [0, 0.1) is 0 Å². The maximum absolute atomic E-state index is 12.4. The van der Waals surface area contributed by atoms with Crippen LogP contribution in [0.25, 0.3) is 5.69 Å². The number of rotatable bonds is 6. The summed E-state index contributed by atoms with van der Waals surface area (Å²) in [5.41, 5.74) is 1.30. The highest BCUT2D eigenvalue weighted by atomic mass is 35.5. The van der Waals surface area contributed by atoms with E-state index in [0.717, 1.165) is 12.1 Å². The molecular formula is C19H18ClN5O3. The van der Waals surface area contributed by atoms with Gasteiger partial charge in [0.1, 0.15) is 12.4 Å². The molecule has 0 bridgehead atoms. The average Bonchev–Trinajstić information content (AvgIpc) is 3.39. The Morgan fingerprint density at radius 3 is 2.86 bits per heavy atom. The number of amides is 1. The van der Waals surface area contributed by atoms with Crippen LogP contribution >= 0.6 is 11.6 Å². The zero-order chi connectivity index (χ0) is 19.3. The van der Waals surface area contributed by atoms with E-state index in [1.54, 1.807) is 35.2 Å². The van der Waals surface area contributed by atoms with Crippen molar-refractivity contribution in [3.8, 4) is 11.6 Å². The molecule has 28 heavy (non-hydrogen) atoms. The average molecular weight is 400 g/mol. The Morgan fingerprint density at radius 1 is 1.29 bits per heavy atom. The third kappa shape index (κ3) is 4.29. The van der Waals surface area contributed by atoms with Gasteiger partial charge in [0.15, 0.2) is 5.82 Å². The van der Waals surface area contributed by atoms with Crippen molar-refractivity contribution in [3.05, 3.63) is 65.3 Å². The third-order valence-corrected chi connectivity index (χ3v) is 4.56. The molecule has 1 N–H and O–H groups in total. The van der Waals surface area contributed by atoms with Gasteiger partial charge in [-0.2, -0.15) is 0 Å². The van der Waals surface area contributed by atoms with Crippen molar-refractivity contribution in [1.29, 1.82) is 0 Å². The monoisotopic (exact) mass is 399 g/mol. The summed E-state index contributed by atoms with van der Waals surface area (Å²) in [6, 6.07) is 10.6. The van der Waals surface area contributed by atoms with E-state index in [0.29, 0.717) is 35.5 Å². The number of hydrogen-bond donors (Lipinski definition) is 1. The normalized spacial score (nSPS) is 16.1. The molecule has 1 aliphatic rings. The molecule has 1 aliphatic heterocycles. The molecule has 1 amide bonds. The number of halogens is 1. The summed E-state index contributed by atoms with van der Waals surface area (Å²) >= 11 is 5.92. The first-order valence-electron chi connectivity index (χ1n) is 8.82. The van der Waals surface area contributed by atoms with Gasteiger partial charge in [0, 0.05) is 29.4 Å². The summed E-state index contributed by atoms with van der Waals surface area (Å²) in [5, 5.41) is 11.5. The molecule has 2 aromatic heterocycles. The van der Waals surface area contributed by atoms with Crippen molar-refractivity contribution in [2.75, 3.05) is 13.2 Å². The molecule has 0 aliphatic carbocycles. The topological polar surface area (TPSA) is 91.2 Å². The Balaban J connectivity index is 1.37. The Morgan fingerprint density at radius 2 is 2.14 bits per heavy atom. The van der Waals surface area contributed by atoms with Gasteiger partial charge in [0.05, 0.1) is 25.3 Å². The fourth-order valence-electron chi connectivity index (χ4n) is 2.82. The van der Waals surface area contributed by atoms with Crippen LogP contribution in [0.1, 0.15) is 22.6 Å². The van der Waals surface area contributed by atoms with Crippen LogP contribution in [-0.2, 0) is 11.3 Å². The summed E-state index contributed by atoms with van der Waals surface area (Å²) in [4.78, 5) is 16.6. The van der Waals surface area contributed by atoms with E-state index < -0.39 is 0 Å². The van der Waals surface area contributed by atoms with E-state index in [9.17, 15) is 4.79 Å². The molecule has 3 aromatic rings. The predicted octanol–water partition coefficient (Wildman–Crippen LogP) is 2.41. The second-order valence-corrected chi connectivity index (χ2v) is 6.70. The van der Waals surface area contributed by atoms with E-state index in [1.165, 1.54) is 6.20 Å². The van der Waals surface area contributed by atoms with Crippen LogP contribution in [0.5, 0.6) is 5.88 Å². The van der Waals surface area contributed by atoms with Gasteiger partial charge in [-0.1, -0.05) is 11.6 Å². The highest BCUT2D eigenvalue weighted by Crippen LogP contribution is 2.16. The fourth-order valence-corrected chi connectivity index (χ4v) is 2.95. The van der Waals surface area contributed by atoms with Gasteiger partial charge in [-0.25, -0.2) is 4.98 Å². The van der Waals surface area contributed by atoms with E-state index >= 15 is 0 Å². The van der Waals surface area contributed by atoms with Crippen LogP contribution in [0.15, 0.2) is 48.9 Å². The molecule has 0 saturated carbocycles. The lowest BCUT2D eigenvalue weighted by Crippen LogP contribution is -2.24. The SMILES string of the molecule is O=C(NCc1nncn1-c1ccc(Cl)cc1)c1ccc(O[C@@H]2CCOC2)nc1. The zero-order valence-electron chi connectivity index (χ0n) is 14.9. The quantitative estimate of drug-likeness (QED) is 0.684. The van der Waals surface area contributed by atoms with Crippen molar-refractivity contribution in [2.24, 2.45) is 0 Å². The van der Waals surface area contributed by atoms with E-state index in [1.807, 2.05) is 12.1 Å². The minimum absolute atomic E-state index is 0.0198. The Bertz CT molecular complexity index is 937. The first-order chi connectivity index (χ1) is 13.7. The second-order valence-electron chi connectivity index (χ2n) is 6.26. The molecule has 0 spiro atoms. The van der Waals surface area contributed by atoms with Crippen LogP contribution < -0.4 is 10.1 Å². The van der Waals surface area contributed by atoms with Crippen molar-refractivity contribution in [2.45, 2.75) is 19.1 Å². The number of nitrogens with zero attached hydrogens (tertiary/aromatic N) is 4. The lowest BCUT2D eigenvalue weighted by molar-refractivity contribution is 0.0949. The van der Waals surface area contributed by atoms with Crippen molar-refractivity contribution >= 4 is 17.5 Å². The van der Waals surface area contributed by atoms with Crippen molar-refractivity contribution in [3.63, 3.8) is 0 Å². The smallest absolute Gasteiger partial charge is 0.253 e. The molecule has 3 heterocycles. The van der Waals surface area contributed by atoms with Gasteiger partial charge < -0.3 is 14.8 Å². The van der Waals surface area contributed by atoms with E-state index in [4.69, 9.17) is 21.1 Å². The van der Waals surface area contributed by atoms with E-state index in [2.05, 4.69) is 20.5 Å². The summed E-state index contributed by atoms with van der Waals surface area (Å²) < 4.78 is 12.8. The number of carbonyl (C=O) groups excluding carboxylic acids is 1. The highest BCUT2D eigenvalue weighted by Gasteiger charge is 2.18. The molecule has 1 atom stereocenters. The first kappa shape index (κ1) is 18.4. The number of aromatic nitrogens is 4. The molecule has 8 nitrogen and oxygen atoms in total. The minimum Gasteiger partial charge on any atom is -0.472 e. The molecular weight excluding hydrogens is 382 g/mol. The highest BCUT2D eigenvalue weighted by molar-refractivity contribution is 6.30. The lowest BCUT2D eigenvalue weighted by atomic mass is 10.2. The van der Waals surface area contributed by atoms with Gasteiger partial charge in [-0.05, 0) is 30.3 Å². The number of pyridine rings is 1. The van der Waals surface area contributed by atoms with Crippen molar-refractivity contribution < 1.29 is 14.3 Å². The Kier molecular flexibility index (Phi) is 5.50. The van der Waals surface area contributed by atoms with Gasteiger partial charge in [-0.15, -0.1) is 10.2 Å². The predicted molar refractivity (Wildman–Crippen MR) is 102 cm³/mol. The number of benzene rings is 1. The number of hydrogen-bond acceptors (Lipinski definition) is 6. The summed E-state index contributed by atoms with van der Waals surface area (Å²) in [7, 11) is 0. The molecule has 1 fully saturated rings. The van der Waals surface area contributed by atoms with Gasteiger partial charge >= 0.3 is 0 Å². The molecule has 0 radical (unpaired) electrons. The van der Waals surface area contributed by atoms with Crippen LogP contribution in [0.2, 0.25) is 5.02 Å². The second kappa shape index (κ2) is 8.37. The van der Waals surface area contributed by atoms with Gasteiger partial charge in [-0.3, -0.25) is 9.36 Å². The number of carbonyl (C=O) groups is 1. The molecule has 0 unspecified atom stereocenters. The summed E-state index contributed by atoms with van der Waals surface area (Å²) in [6.45, 7) is 1.49. The summed E-state index contributed by atoms with van der Waals surface area (Å²) in [6.07, 6.45) is 3.94. The number of ether oxygens (including phenoxy) is 2. The molecule has 1 saturated heterocycles. The Labute approximate surface area is 166 Å². The third-order valence-electron chi connectivity index (χ3n) is 4.30. The Hall–Kier alpha value is -2.97. The standard InChI is InChI=1S/C19H18ClN5O3/c20-14-2-4-15(5-3-14)25-12-23-24-17(25)10-22-19(26)13-1-6-18(21-9-13)28-16-7-8-27-11-16/h1-6,9,12,16H,7-8,10-11H2,(H,22,26)/t16-/m1/s1. The van der Waals surface area contributed by atoms with Gasteiger partial charge in [0.25, 0.3) is 5.91 Å². The van der Waals surface area contributed by atoms with Crippen LogP contribution in [0.3, 0.4) is 0 Å².